The second kappa shape index (κ2) is 15.5. The fourth-order valence-corrected chi connectivity index (χ4v) is 8.29. The van der Waals surface area contributed by atoms with Crippen LogP contribution in [0.5, 0.6) is 23.0 Å². The third-order valence-electron chi connectivity index (χ3n) is 11.2. The highest BCUT2D eigenvalue weighted by atomic mass is 16.5. The number of fused-ring (bicyclic) bond motifs is 4. The van der Waals surface area contributed by atoms with Gasteiger partial charge in [0.2, 0.25) is 0 Å². The molecule has 0 amide bonds. The average Bonchev–Trinajstić information content (AvgIpc) is 3.94. The highest BCUT2D eigenvalue weighted by molar-refractivity contribution is 5.90. The van der Waals surface area contributed by atoms with Gasteiger partial charge in [0, 0.05) is 47.7 Å². The molecule has 0 aliphatic rings. The van der Waals surface area contributed by atoms with Crippen molar-refractivity contribution in [2.24, 2.45) is 0 Å². The predicted molar refractivity (Wildman–Crippen MR) is 246 cm³/mol. The molecule has 12 aromatic rings. The van der Waals surface area contributed by atoms with E-state index in [0.29, 0.717) is 34.4 Å². The summed E-state index contributed by atoms with van der Waals surface area (Å²) in [4.78, 5) is 18.5. The van der Waals surface area contributed by atoms with Crippen LogP contribution >= 0.6 is 0 Å². The smallest absolute Gasteiger partial charge is 0.269 e. The zero-order valence-electron chi connectivity index (χ0n) is 34.0. The SMILES string of the molecule is [c-]1n(-c2ccnc3ccccc23)c2ccccc2[n+]1-c1cccc(Oc2ccnc(-c3cc(Oc4cccc(-[n+]5[c-]n(-c6ccnc7ccccc67)c6ccccc65)c4)ccn3)c2)c1. The number of hydrogen-bond acceptors (Lipinski definition) is 6. The molecule has 6 heterocycles. The highest BCUT2D eigenvalue weighted by Crippen LogP contribution is 2.31. The van der Waals surface area contributed by atoms with Crippen LogP contribution in [-0.2, 0) is 0 Å². The minimum atomic E-state index is 0.620. The molecule has 10 nitrogen and oxygen atoms in total. The summed E-state index contributed by atoms with van der Waals surface area (Å²) in [7, 11) is 0. The molecule has 0 spiro atoms. The van der Waals surface area contributed by atoms with Crippen molar-refractivity contribution in [2.45, 2.75) is 0 Å². The monoisotopic (exact) mass is 826 g/mol. The van der Waals surface area contributed by atoms with Crippen molar-refractivity contribution in [1.82, 2.24) is 29.1 Å². The number of rotatable bonds is 9. The topological polar surface area (TPSA) is 87.6 Å². The highest BCUT2D eigenvalue weighted by Gasteiger charge is 2.17. The van der Waals surface area contributed by atoms with Gasteiger partial charge >= 0.3 is 0 Å². The number of pyridine rings is 4. The molecule has 12 rings (SSSR count). The molecule has 0 unspecified atom stereocenters. The van der Waals surface area contributed by atoms with Gasteiger partial charge in [-0.2, -0.15) is 0 Å². The molecule has 302 valence electrons. The molecule has 0 saturated heterocycles. The van der Waals surface area contributed by atoms with E-state index in [1.165, 1.54) is 0 Å². The number of imidazole rings is 2. The summed E-state index contributed by atoms with van der Waals surface area (Å²) in [6, 6.07) is 60.3. The van der Waals surface area contributed by atoms with Gasteiger partial charge in [0.15, 0.2) is 0 Å². The molecule has 0 aliphatic heterocycles. The molecule has 0 atom stereocenters. The van der Waals surface area contributed by atoms with Gasteiger partial charge in [-0.1, -0.05) is 97.1 Å². The number of nitrogens with zero attached hydrogens (tertiary/aromatic N) is 8. The minimum absolute atomic E-state index is 0.620. The lowest BCUT2D eigenvalue weighted by Gasteiger charge is -2.11. The normalized spacial score (nSPS) is 11.4. The van der Waals surface area contributed by atoms with Gasteiger partial charge in [-0.25, -0.2) is 0 Å². The molecular weight excluding hydrogens is 793 g/mol. The van der Waals surface area contributed by atoms with Crippen molar-refractivity contribution in [1.29, 1.82) is 0 Å². The Morgan fingerprint density at radius 2 is 0.797 bits per heavy atom. The van der Waals surface area contributed by atoms with Crippen LogP contribution in [0.15, 0.2) is 207 Å². The van der Waals surface area contributed by atoms with Crippen LogP contribution in [0.3, 0.4) is 0 Å². The lowest BCUT2D eigenvalue weighted by atomic mass is 10.2. The van der Waals surface area contributed by atoms with Crippen LogP contribution in [0, 0.1) is 12.7 Å². The molecular formula is C54H34N8O2. The number of ether oxygens (including phenoxy) is 2. The summed E-state index contributed by atoms with van der Waals surface area (Å²) in [6.07, 6.45) is 14.3. The molecule has 6 aromatic heterocycles. The predicted octanol–water partition coefficient (Wildman–Crippen LogP) is 10.9. The van der Waals surface area contributed by atoms with Crippen LogP contribution in [0.2, 0.25) is 0 Å². The van der Waals surface area contributed by atoms with Crippen LogP contribution in [0.25, 0.3) is 78.0 Å². The summed E-state index contributed by atoms with van der Waals surface area (Å²) < 4.78 is 21.2. The van der Waals surface area contributed by atoms with E-state index in [-0.39, 0.29) is 0 Å². The molecule has 0 saturated carbocycles. The van der Waals surface area contributed by atoms with Crippen molar-refractivity contribution in [3.63, 3.8) is 0 Å². The summed E-state index contributed by atoms with van der Waals surface area (Å²) >= 11 is 0. The standard InChI is InChI=1S/C54H34N8O2/c1-3-17-45-43(15-1)49(25-29-55-45)61-35-59(51-19-5-7-21-53(51)61)37-11-9-13-39(31-37)63-41-23-27-57-47(33-41)48-34-42(24-28-58-48)64-40-14-10-12-38(32-40)60-36-62(54-22-8-6-20-52(54)60)50-26-30-56-46-18-4-2-16-44(46)50/h1-34H. The van der Waals surface area contributed by atoms with Gasteiger partial charge in [-0.15, -0.1) is 0 Å². The Labute approximate surface area is 366 Å². The summed E-state index contributed by atoms with van der Waals surface area (Å²) in [5.74, 6) is 2.57. The summed E-state index contributed by atoms with van der Waals surface area (Å²) in [5, 5.41) is 2.09. The Morgan fingerprint density at radius 1 is 0.375 bits per heavy atom. The van der Waals surface area contributed by atoms with Gasteiger partial charge in [-0.3, -0.25) is 38.2 Å². The maximum absolute atomic E-state index is 6.48. The molecule has 0 fully saturated rings. The zero-order chi connectivity index (χ0) is 42.4. The number of aromatic nitrogens is 8. The third-order valence-corrected chi connectivity index (χ3v) is 11.2. The van der Waals surface area contributed by atoms with Gasteiger partial charge in [0.25, 0.3) is 12.7 Å². The molecule has 0 bridgehead atoms. The lowest BCUT2D eigenvalue weighted by Crippen LogP contribution is -2.29. The van der Waals surface area contributed by atoms with Gasteiger partial charge < -0.3 is 9.47 Å². The lowest BCUT2D eigenvalue weighted by molar-refractivity contribution is -0.572. The molecule has 10 heteroatoms. The van der Waals surface area contributed by atoms with Crippen molar-refractivity contribution in [2.75, 3.05) is 0 Å². The molecule has 6 aromatic carbocycles. The Morgan fingerprint density at radius 3 is 1.30 bits per heavy atom. The van der Waals surface area contributed by atoms with Gasteiger partial charge in [0.05, 0.1) is 67.2 Å². The third kappa shape index (κ3) is 6.63. The first-order valence-corrected chi connectivity index (χ1v) is 20.8. The van der Waals surface area contributed by atoms with E-state index >= 15 is 0 Å². The van der Waals surface area contributed by atoms with E-state index in [0.717, 1.165) is 66.6 Å². The maximum atomic E-state index is 6.48. The molecule has 0 radical (unpaired) electrons. The van der Waals surface area contributed by atoms with E-state index in [2.05, 4.69) is 87.3 Å². The van der Waals surface area contributed by atoms with E-state index in [4.69, 9.17) is 9.47 Å². The first-order valence-electron chi connectivity index (χ1n) is 20.8. The Balaban J connectivity index is 0.812. The number of hydrogen-bond donors (Lipinski definition) is 0. The van der Waals surface area contributed by atoms with Crippen molar-refractivity contribution in [3.05, 3.63) is 219 Å². The summed E-state index contributed by atoms with van der Waals surface area (Å²) in [5.41, 5.74) is 11.0. The second-order valence-corrected chi connectivity index (χ2v) is 15.2. The van der Waals surface area contributed by atoms with Gasteiger partial charge in [-0.05, 0) is 72.8 Å². The van der Waals surface area contributed by atoms with Crippen LogP contribution in [-0.4, -0.2) is 29.1 Å². The maximum Gasteiger partial charge on any atom is 0.269 e. The van der Waals surface area contributed by atoms with Gasteiger partial charge in [0.1, 0.15) is 23.0 Å². The van der Waals surface area contributed by atoms with Crippen molar-refractivity contribution in [3.8, 4) is 57.1 Å². The van der Waals surface area contributed by atoms with Crippen LogP contribution < -0.4 is 18.6 Å². The first-order chi connectivity index (χ1) is 31.7. The molecule has 0 aliphatic carbocycles. The van der Waals surface area contributed by atoms with E-state index in [1.54, 1.807) is 12.4 Å². The Kier molecular flexibility index (Phi) is 8.89. The molecule has 0 N–H and O–H groups in total. The van der Waals surface area contributed by atoms with E-state index in [9.17, 15) is 0 Å². The zero-order valence-corrected chi connectivity index (χ0v) is 34.0. The Hall–Kier alpha value is -9.02. The fraction of sp³-hybridized carbons (Fsp3) is 0. The Bertz CT molecular complexity index is 3470. The quantitative estimate of drug-likeness (QED) is 0.106. The second-order valence-electron chi connectivity index (χ2n) is 15.2. The largest absolute Gasteiger partial charge is 0.458 e. The minimum Gasteiger partial charge on any atom is -0.458 e. The molecule has 64 heavy (non-hydrogen) atoms. The van der Waals surface area contributed by atoms with E-state index in [1.807, 2.05) is 158 Å². The van der Waals surface area contributed by atoms with Crippen molar-refractivity contribution >= 4 is 43.9 Å². The van der Waals surface area contributed by atoms with E-state index < -0.39 is 0 Å². The number of para-hydroxylation sites is 6. The van der Waals surface area contributed by atoms with Crippen molar-refractivity contribution < 1.29 is 18.6 Å². The van der Waals surface area contributed by atoms with Crippen LogP contribution in [0.1, 0.15) is 0 Å². The first kappa shape index (κ1) is 36.8. The summed E-state index contributed by atoms with van der Waals surface area (Å²) in [6.45, 7) is 0. The fourth-order valence-electron chi connectivity index (χ4n) is 8.29. The number of benzene rings is 6. The average molecular weight is 827 g/mol. The van der Waals surface area contributed by atoms with Crippen LogP contribution in [0.4, 0.5) is 0 Å².